The number of aliphatic hydroxyl groups is 2. The van der Waals surface area contributed by atoms with E-state index in [1.54, 1.807) is 23.9 Å². The Hall–Kier alpha value is -2.41. The Bertz CT molecular complexity index is 1040. The minimum Gasteiger partial charge on any atom is -0.423 e. The van der Waals surface area contributed by atoms with Gasteiger partial charge in [-0.2, -0.15) is 0 Å². The van der Waals surface area contributed by atoms with E-state index in [4.69, 9.17) is 9.47 Å². The predicted molar refractivity (Wildman–Crippen MR) is 136 cm³/mol. The highest BCUT2D eigenvalue weighted by molar-refractivity contribution is 8.06. The first-order valence-corrected chi connectivity index (χ1v) is 13.5. The van der Waals surface area contributed by atoms with Crippen LogP contribution in [0.3, 0.4) is 0 Å². The number of thioether (sulfide) groups is 1. The van der Waals surface area contributed by atoms with Crippen LogP contribution in [0.1, 0.15) is 52.1 Å². The van der Waals surface area contributed by atoms with Crippen LogP contribution in [0.4, 0.5) is 4.79 Å². The average molecular weight is 540 g/mol. The lowest BCUT2D eigenvalue weighted by Crippen LogP contribution is -2.63. The second kappa shape index (κ2) is 11.8. The number of hydrogen-bond donors (Lipinski definition) is 2. The lowest BCUT2D eigenvalue weighted by atomic mass is 9.79. The molecule has 1 fully saturated rings. The molecule has 4 atom stereocenters. The van der Waals surface area contributed by atoms with Gasteiger partial charge in [-0.25, -0.2) is 14.6 Å². The number of fused-ring (bicyclic) bond motifs is 1. The van der Waals surface area contributed by atoms with Crippen molar-refractivity contribution in [2.75, 3.05) is 6.79 Å². The van der Waals surface area contributed by atoms with E-state index in [0.717, 1.165) is 4.88 Å². The van der Waals surface area contributed by atoms with E-state index >= 15 is 0 Å². The third-order valence-corrected chi connectivity index (χ3v) is 8.16. The standard InChI is InChI=1S/C24H33N3O7S2/c1-12(2)26(13(3)4)24(32)34-11-33-23(31)20-21(35-8-7-17-16(9-28)25-10-36-17)14(5)19-18(15(6)29)22(30)27(19)20/h7-8,10,12-15,18-19,28-29H,9,11H2,1-6H3/b8-7-/t14-,15-,18-,19-/m1/s1. The fourth-order valence-corrected chi connectivity index (χ4v) is 6.44. The highest BCUT2D eigenvalue weighted by atomic mass is 32.2. The van der Waals surface area contributed by atoms with Gasteiger partial charge in [-0.05, 0) is 46.1 Å². The molecule has 1 aromatic heterocycles. The summed E-state index contributed by atoms with van der Waals surface area (Å²) in [5.41, 5.74) is 2.28. The van der Waals surface area contributed by atoms with Crippen molar-refractivity contribution < 1.29 is 34.1 Å². The molecule has 1 saturated heterocycles. The summed E-state index contributed by atoms with van der Waals surface area (Å²) in [5.74, 6) is -1.96. The molecule has 2 aliphatic heterocycles. The van der Waals surface area contributed by atoms with Crippen LogP contribution in [0, 0.1) is 11.8 Å². The van der Waals surface area contributed by atoms with Crippen molar-refractivity contribution in [2.24, 2.45) is 11.8 Å². The van der Waals surface area contributed by atoms with E-state index in [0.29, 0.717) is 10.6 Å². The number of esters is 1. The fraction of sp³-hybridized carbons (Fsp3) is 0.583. The number of carbonyl (C=O) groups is 3. The number of nitrogens with zero attached hydrogens (tertiary/aromatic N) is 3. The summed E-state index contributed by atoms with van der Waals surface area (Å²) in [4.78, 5) is 46.8. The molecule has 0 aliphatic carbocycles. The Balaban J connectivity index is 1.78. The molecule has 0 bridgehead atoms. The molecule has 0 saturated carbocycles. The SMILES string of the molecule is CC(C)N(C(=O)OCOC(=O)C1=C(S/C=C\c2scnc2CO)[C@H](C)[C@@H]2[C@@H]([C@@H](C)O)C(=O)N12)C(C)C. The van der Waals surface area contributed by atoms with Crippen LogP contribution in [0.15, 0.2) is 21.5 Å². The second-order valence-corrected chi connectivity index (χ2v) is 11.1. The van der Waals surface area contributed by atoms with Crippen LogP contribution in [0.25, 0.3) is 6.08 Å². The number of aromatic nitrogens is 1. The molecule has 0 aromatic carbocycles. The van der Waals surface area contributed by atoms with Crippen LogP contribution in [0.5, 0.6) is 0 Å². The van der Waals surface area contributed by atoms with Crippen LogP contribution in [0.2, 0.25) is 0 Å². The van der Waals surface area contributed by atoms with Crippen molar-refractivity contribution in [3.05, 3.63) is 32.1 Å². The van der Waals surface area contributed by atoms with Crippen molar-refractivity contribution >= 4 is 47.1 Å². The van der Waals surface area contributed by atoms with Gasteiger partial charge in [0, 0.05) is 22.9 Å². The van der Waals surface area contributed by atoms with Crippen LogP contribution in [-0.2, 0) is 25.7 Å². The predicted octanol–water partition coefficient (Wildman–Crippen LogP) is 3.16. The number of β-lactam (4-membered cyclic amide) rings is 1. The minimum absolute atomic E-state index is 0.0939. The molecule has 36 heavy (non-hydrogen) atoms. The fourth-order valence-electron chi connectivity index (χ4n) is 4.67. The lowest BCUT2D eigenvalue weighted by Gasteiger charge is -2.46. The lowest BCUT2D eigenvalue weighted by molar-refractivity contribution is -0.166. The van der Waals surface area contributed by atoms with Gasteiger partial charge in [-0.1, -0.05) is 18.7 Å². The van der Waals surface area contributed by atoms with Gasteiger partial charge in [-0.15, -0.1) is 11.3 Å². The molecule has 0 radical (unpaired) electrons. The van der Waals surface area contributed by atoms with Crippen molar-refractivity contribution in [1.29, 1.82) is 0 Å². The maximum Gasteiger partial charge on any atom is 0.413 e. The molecule has 0 unspecified atom stereocenters. The topological polar surface area (TPSA) is 130 Å². The summed E-state index contributed by atoms with van der Waals surface area (Å²) in [6, 6.07) is -0.557. The maximum atomic E-state index is 13.1. The quantitative estimate of drug-likeness (QED) is 0.262. The molecule has 2 N–H and O–H groups in total. The van der Waals surface area contributed by atoms with Crippen molar-refractivity contribution in [3.8, 4) is 0 Å². The molecule has 0 spiro atoms. The second-order valence-electron chi connectivity index (χ2n) is 9.26. The van der Waals surface area contributed by atoms with E-state index in [9.17, 15) is 24.6 Å². The molecule has 198 valence electrons. The zero-order valence-electron chi connectivity index (χ0n) is 21.2. The largest absolute Gasteiger partial charge is 0.423 e. The number of carbonyl (C=O) groups excluding carboxylic acids is 3. The van der Waals surface area contributed by atoms with Crippen molar-refractivity contribution in [1.82, 2.24) is 14.8 Å². The Morgan fingerprint density at radius 2 is 1.92 bits per heavy atom. The van der Waals surface area contributed by atoms with Gasteiger partial charge in [0.05, 0.1) is 40.8 Å². The number of aliphatic hydroxyl groups excluding tert-OH is 2. The van der Waals surface area contributed by atoms with Gasteiger partial charge in [0.2, 0.25) is 12.7 Å². The Morgan fingerprint density at radius 1 is 1.25 bits per heavy atom. The van der Waals surface area contributed by atoms with E-state index in [1.165, 1.54) is 32.9 Å². The Morgan fingerprint density at radius 3 is 2.50 bits per heavy atom. The normalized spacial score (nSPS) is 22.3. The summed E-state index contributed by atoms with van der Waals surface area (Å²) in [6.07, 6.45) is 0.325. The highest BCUT2D eigenvalue weighted by Gasteiger charge is 2.60. The molecule has 2 amide bonds. The molecule has 3 heterocycles. The first kappa shape index (κ1) is 28.2. The van der Waals surface area contributed by atoms with Gasteiger partial charge in [0.15, 0.2) is 0 Å². The number of amides is 2. The third-order valence-electron chi connectivity index (χ3n) is 6.23. The highest BCUT2D eigenvalue weighted by Crippen LogP contribution is 2.51. The monoisotopic (exact) mass is 539 g/mol. The molecular weight excluding hydrogens is 506 g/mol. The summed E-state index contributed by atoms with van der Waals surface area (Å²) in [5, 5.41) is 21.3. The molecule has 10 nitrogen and oxygen atoms in total. The molecule has 1 aromatic rings. The van der Waals surface area contributed by atoms with Crippen LogP contribution < -0.4 is 0 Å². The van der Waals surface area contributed by atoms with Crippen molar-refractivity contribution in [3.63, 3.8) is 0 Å². The van der Waals surface area contributed by atoms with Gasteiger partial charge in [0.1, 0.15) is 5.70 Å². The summed E-state index contributed by atoms with van der Waals surface area (Å²) in [6.45, 7) is 10.1. The molecule has 2 aliphatic rings. The summed E-state index contributed by atoms with van der Waals surface area (Å²) < 4.78 is 10.4. The number of thiazole rings is 1. The summed E-state index contributed by atoms with van der Waals surface area (Å²) in [7, 11) is 0. The van der Waals surface area contributed by atoms with E-state index < -0.39 is 30.9 Å². The van der Waals surface area contributed by atoms with E-state index in [1.807, 2.05) is 34.6 Å². The smallest absolute Gasteiger partial charge is 0.413 e. The first-order chi connectivity index (χ1) is 17.0. The maximum absolute atomic E-state index is 13.1. The van der Waals surface area contributed by atoms with Gasteiger partial charge < -0.3 is 29.5 Å². The Kier molecular flexibility index (Phi) is 9.20. The first-order valence-electron chi connectivity index (χ1n) is 11.7. The molecule has 12 heteroatoms. The molecular formula is C24H33N3O7S2. The number of hydrogen-bond acceptors (Lipinski definition) is 10. The zero-order valence-corrected chi connectivity index (χ0v) is 22.8. The number of ether oxygens (including phenoxy) is 2. The zero-order chi connectivity index (χ0) is 26.7. The van der Waals surface area contributed by atoms with Gasteiger partial charge in [-0.3, -0.25) is 4.79 Å². The molecule has 3 rings (SSSR count). The minimum atomic E-state index is -0.860. The number of rotatable bonds is 10. The van der Waals surface area contributed by atoms with Crippen LogP contribution in [-0.4, -0.2) is 74.0 Å². The van der Waals surface area contributed by atoms with Gasteiger partial charge >= 0.3 is 12.1 Å². The Labute approximate surface area is 219 Å². The third kappa shape index (κ3) is 5.46. The average Bonchev–Trinajstić information content (AvgIpc) is 3.33. The summed E-state index contributed by atoms with van der Waals surface area (Å²) >= 11 is 2.64. The van der Waals surface area contributed by atoms with Crippen LogP contribution >= 0.6 is 23.1 Å². The van der Waals surface area contributed by atoms with E-state index in [-0.39, 0.29) is 42.3 Å². The van der Waals surface area contributed by atoms with Gasteiger partial charge in [0.25, 0.3) is 0 Å². The van der Waals surface area contributed by atoms with E-state index in [2.05, 4.69) is 4.98 Å². The van der Waals surface area contributed by atoms with Crippen molar-refractivity contribution in [2.45, 2.75) is 72.4 Å².